The number of primary amides is 2. The fourth-order valence-electron chi connectivity index (χ4n) is 3.45. The SMILES string of the molecule is NC(=O)CCn1c(SCC(=O)Nc2sc3c(c2C(N)=O)CCC3)nnc1-c1cccs1. The van der Waals surface area contributed by atoms with Gasteiger partial charge in [-0.05, 0) is 36.3 Å². The van der Waals surface area contributed by atoms with Crippen molar-refractivity contribution in [1.82, 2.24) is 14.8 Å². The Morgan fingerprint density at radius 3 is 2.77 bits per heavy atom. The quantitative estimate of drug-likeness (QED) is 0.404. The minimum absolute atomic E-state index is 0.0694. The summed E-state index contributed by atoms with van der Waals surface area (Å²) in [5, 5.41) is 14.2. The lowest BCUT2D eigenvalue weighted by Crippen LogP contribution is -2.19. The predicted octanol–water partition coefficient (Wildman–Crippen LogP) is 2.26. The monoisotopic (exact) mass is 476 g/mol. The van der Waals surface area contributed by atoms with Crippen molar-refractivity contribution in [1.29, 1.82) is 0 Å². The highest BCUT2D eigenvalue weighted by atomic mass is 32.2. The summed E-state index contributed by atoms with van der Waals surface area (Å²) in [4.78, 5) is 37.8. The Bertz CT molecular complexity index is 1140. The van der Waals surface area contributed by atoms with Gasteiger partial charge in [-0.15, -0.1) is 32.9 Å². The van der Waals surface area contributed by atoms with Crippen LogP contribution in [0, 0.1) is 0 Å². The summed E-state index contributed by atoms with van der Waals surface area (Å²) in [5.74, 6) is -0.516. The zero-order valence-corrected chi connectivity index (χ0v) is 18.9. The number of carbonyl (C=O) groups excluding carboxylic acids is 3. The average Bonchev–Trinajstić information content (AvgIpc) is 3.47. The highest BCUT2D eigenvalue weighted by Crippen LogP contribution is 2.39. The first-order valence-corrected chi connectivity index (χ1v) is 12.2. The second kappa shape index (κ2) is 9.20. The van der Waals surface area contributed by atoms with E-state index in [1.807, 2.05) is 17.5 Å². The third-order valence-corrected chi connectivity index (χ3v) is 7.83. The number of nitrogens with zero attached hydrogens (tertiary/aromatic N) is 3. The van der Waals surface area contributed by atoms with Gasteiger partial charge in [0.05, 0.1) is 16.2 Å². The van der Waals surface area contributed by atoms with Crippen LogP contribution in [0.2, 0.25) is 0 Å². The number of anilines is 1. The van der Waals surface area contributed by atoms with E-state index in [9.17, 15) is 14.4 Å². The van der Waals surface area contributed by atoms with Gasteiger partial charge in [-0.1, -0.05) is 17.8 Å². The van der Waals surface area contributed by atoms with Crippen LogP contribution in [0.5, 0.6) is 0 Å². The summed E-state index contributed by atoms with van der Waals surface area (Å²) in [5.41, 5.74) is 12.3. The molecule has 0 fully saturated rings. The number of hydrogen-bond donors (Lipinski definition) is 3. The lowest BCUT2D eigenvalue weighted by Gasteiger charge is -2.09. The maximum Gasteiger partial charge on any atom is 0.251 e. The fraction of sp³-hybridized carbons (Fsp3) is 0.316. The van der Waals surface area contributed by atoms with Gasteiger partial charge in [0.15, 0.2) is 11.0 Å². The molecular formula is C19H20N6O3S3. The molecule has 0 aliphatic heterocycles. The molecule has 0 saturated carbocycles. The summed E-state index contributed by atoms with van der Waals surface area (Å²) < 4.78 is 1.79. The van der Waals surface area contributed by atoms with E-state index in [4.69, 9.17) is 11.5 Å². The van der Waals surface area contributed by atoms with Crippen molar-refractivity contribution in [3.8, 4) is 10.7 Å². The number of carbonyl (C=O) groups is 3. The second-order valence-electron chi connectivity index (χ2n) is 6.91. The average molecular weight is 477 g/mol. The van der Waals surface area contributed by atoms with E-state index in [2.05, 4.69) is 15.5 Å². The molecule has 12 heteroatoms. The van der Waals surface area contributed by atoms with E-state index in [-0.39, 0.29) is 18.1 Å². The number of hydrogen-bond acceptors (Lipinski definition) is 8. The maximum atomic E-state index is 12.6. The van der Waals surface area contributed by atoms with Crippen molar-refractivity contribution < 1.29 is 14.4 Å². The molecular weight excluding hydrogens is 456 g/mol. The third kappa shape index (κ3) is 4.65. The largest absolute Gasteiger partial charge is 0.370 e. The van der Waals surface area contributed by atoms with Crippen LogP contribution in [0.15, 0.2) is 22.7 Å². The van der Waals surface area contributed by atoms with E-state index >= 15 is 0 Å². The van der Waals surface area contributed by atoms with Crippen LogP contribution in [0.1, 0.15) is 33.6 Å². The number of rotatable bonds is 9. The fourth-order valence-corrected chi connectivity index (χ4v) is 6.25. The molecule has 1 aliphatic carbocycles. The zero-order valence-electron chi connectivity index (χ0n) is 16.4. The van der Waals surface area contributed by atoms with Gasteiger partial charge in [0.25, 0.3) is 5.91 Å². The Kier molecular flexibility index (Phi) is 6.39. The normalized spacial score (nSPS) is 12.6. The number of nitrogens with two attached hydrogens (primary N) is 2. The van der Waals surface area contributed by atoms with Gasteiger partial charge in [-0.2, -0.15) is 0 Å². The van der Waals surface area contributed by atoms with Gasteiger partial charge in [0.2, 0.25) is 11.8 Å². The van der Waals surface area contributed by atoms with Crippen LogP contribution in [-0.4, -0.2) is 38.2 Å². The number of aryl methyl sites for hydroxylation is 1. The third-order valence-electron chi connectivity index (χ3n) is 4.79. The standard InChI is InChI=1S/C19H20N6O3S3/c20-13(26)6-7-25-17(12-5-2-8-29-12)23-24-19(25)30-9-14(27)22-18-15(16(21)28)10-3-1-4-11(10)31-18/h2,5,8H,1,3-4,6-7,9H2,(H2,20,26)(H2,21,28)(H,22,27). The summed E-state index contributed by atoms with van der Waals surface area (Å²) in [6.07, 6.45) is 2.85. The van der Waals surface area contributed by atoms with Crippen molar-refractivity contribution >= 4 is 57.2 Å². The Morgan fingerprint density at radius 1 is 1.23 bits per heavy atom. The van der Waals surface area contributed by atoms with E-state index in [1.165, 1.54) is 34.4 Å². The first-order valence-electron chi connectivity index (χ1n) is 9.56. The molecule has 1 aliphatic rings. The lowest BCUT2D eigenvalue weighted by molar-refractivity contribution is -0.118. The molecule has 3 amide bonds. The van der Waals surface area contributed by atoms with Gasteiger partial charge in [0, 0.05) is 17.8 Å². The maximum absolute atomic E-state index is 12.6. The van der Waals surface area contributed by atoms with E-state index in [1.54, 1.807) is 4.57 Å². The van der Waals surface area contributed by atoms with Crippen molar-refractivity contribution in [3.63, 3.8) is 0 Å². The summed E-state index contributed by atoms with van der Waals surface area (Å²) in [7, 11) is 0. The summed E-state index contributed by atoms with van der Waals surface area (Å²) >= 11 is 4.14. The molecule has 0 aromatic carbocycles. The van der Waals surface area contributed by atoms with Crippen LogP contribution in [0.3, 0.4) is 0 Å². The summed E-state index contributed by atoms with van der Waals surface area (Å²) in [6.45, 7) is 0.322. The molecule has 0 unspecified atom stereocenters. The van der Waals surface area contributed by atoms with Crippen molar-refractivity contribution in [2.45, 2.75) is 37.4 Å². The number of amides is 3. The first-order chi connectivity index (χ1) is 14.9. The van der Waals surface area contributed by atoms with E-state index in [0.717, 1.165) is 34.6 Å². The number of nitrogens with one attached hydrogen (secondary N) is 1. The smallest absolute Gasteiger partial charge is 0.251 e. The zero-order chi connectivity index (χ0) is 22.0. The molecule has 5 N–H and O–H groups in total. The van der Waals surface area contributed by atoms with Crippen LogP contribution in [-0.2, 0) is 29.0 Å². The van der Waals surface area contributed by atoms with Gasteiger partial charge >= 0.3 is 0 Å². The molecule has 9 nitrogen and oxygen atoms in total. The molecule has 3 aromatic rings. The molecule has 0 saturated heterocycles. The van der Waals surface area contributed by atoms with Crippen LogP contribution >= 0.6 is 34.4 Å². The molecule has 162 valence electrons. The highest BCUT2D eigenvalue weighted by Gasteiger charge is 2.26. The molecule has 4 rings (SSSR count). The number of thioether (sulfide) groups is 1. The highest BCUT2D eigenvalue weighted by molar-refractivity contribution is 7.99. The predicted molar refractivity (Wildman–Crippen MR) is 121 cm³/mol. The van der Waals surface area contributed by atoms with Gasteiger partial charge < -0.3 is 21.4 Å². The van der Waals surface area contributed by atoms with Gasteiger partial charge in [-0.25, -0.2) is 0 Å². The van der Waals surface area contributed by atoms with E-state index in [0.29, 0.717) is 28.1 Å². The molecule has 3 heterocycles. The van der Waals surface area contributed by atoms with Crippen molar-refractivity contribution in [2.24, 2.45) is 11.5 Å². The molecule has 0 spiro atoms. The number of fused-ring (bicyclic) bond motifs is 1. The molecule has 3 aromatic heterocycles. The molecule has 31 heavy (non-hydrogen) atoms. The first kappa shape index (κ1) is 21.5. The molecule has 0 bridgehead atoms. The minimum atomic E-state index is -0.519. The van der Waals surface area contributed by atoms with Crippen LogP contribution in [0.4, 0.5) is 5.00 Å². The van der Waals surface area contributed by atoms with Crippen LogP contribution in [0.25, 0.3) is 10.7 Å². The Balaban J connectivity index is 1.47. The number of aromatic nitrogens is 3. The minimum Gasteiger partial charge on any atom is -0.370 e. The summed E-state index contributed by atoms with van der Waals surface area (Å²) in [6, 6.07) is 3.82. The Hall–Kier alpha value is -2.70. The number of thiophene rings is 2. The molecule has 0 atom stereocenters. The van der Waals surface area contributed by atoms with Crippen molar-refractivity contribution in [3.05, 3.63) is 33.5 Å². The van der Waals surface area contributed by atoms with Crippen LogP contribution < -0.4 is 16.8 Å². The molecule has 0 radical (unpaired) electrons. The topological polar surface area (TPSA) is 146 Å². The Labute approximate surface area is 190 Å². The second-order valence-corrected chi connectivity index (χ2v) is 9.91. The Morgan fingerprint density at radius 2 is 2.06 bits per heavy atom. The van der Waals surface area contributed by atoms with Gasteiger partial charge in [-0.3, -0.25) is 14.4 Å². The van der Waals surface area contributed by atoms with Crippen molar-refractivity contribution in [2.75, 3.05) is 11.1 Å². The lowest BCUT2D eigenvalue weighted by atomic mass is 10.1. The van der Waals surface area contributed by atoms with Gasteiger partial charge in [0.1, 0.15) is 5.00 Å². The van der Waals surface area contributed by atoms with E-state index < -0.39 is 11.8 Å².